The van der Waals surface area contributed by atoms with Crippen LogP contribution in [0.4, 0.5) is 36.3 Å². The van der Waals surface area contributed by atoms with Gasteiger partial charge in [-0.3, -0.25) is 0 Å². The molecule has 0 aliphatic carbocycles. The zero-order chi connectivity index (χ0) is 21.5. The van der Waals surface area contributed by atoms with E-state index in [2.05, 4.69) is 31.2 Å². The second kappa shape index (κ2) is 7.58. The highest BCUT2D eigenvalue weighted by atomic mass is 32.2. The lowest BCUT2D eigenvalue weighted by Crippen LogP contribution is -2.53. The second-order valence-corrected chi connectivity index (χ2v) is 9.61. The summed E-state index contributed by atoms with van der Waals surface area (Å²) in [6.07, 6.45) is -2.24. The minimum absolute atomic E-state index is 0.0598. The van der Waals surface area contributed by atoms with E-state index in [0.717, 1.165) is 30.5 Å². The summed E-state index contributed by atoms with van der Waals surface area (Å²) in [6, 6.07) is 5.52. The Morgan fingerprint density at radius 1 is 1.27 bits per heavy atom. The minimum Gasteiger partial charge on any atom is -0.384 e. The molecule has 0 amide bonds. The number of rotatable bonds is 6. The summed E-state index contributed by atoms with van der Waals surface area (Å²) >= 11 is 0. The summed E-state index contributed by atoms with van der Waals surface area (Å²) in [5.74, 6) is -0.975. The Morgan fingerprint density at radius 3 is 2.67 bits per heavy atom. The largest absolute Gasteiger partial charge is 0.421 e. The van der Waals surface area contributed by atoms with Gasteiger partial charge in [0.05, 0.1) is 0 Å². The van der Waals surface area contributed by atoms with Gasteiger partial charge in [0.25, 0.3) is 0 Å². The van der Waals surface area contributed by atoms with Gasteiger partial charge in [-0.2, -0.15) is 18.2 Å². The number of nitrogens with one attached hydrogen (secondary N) is 4. The van der Waals surface area contributed by atoms with Crippen LogP contribution in [0.25, 0.3) is 0 Å². The van der Waals surface area contributed by atoms with Crippen molar-refractivity contribution in [2.24, 2.45) is 5.92 Å². The third-order valence-electron chi connectivity index (χ3n) is 5.15. The van der Waals surface area contributed by atoms with Crippen LogP contribution in [0.1, 0.15) is 11.1 Å². The van der Waals surface area contributed by atoms with Crippen LogP contribution in [0.15, 0.2) is 24.4 Å². The van der Waals surface area contributed by atoms with Gasteiger partial charge in [-0.15, -0.1) is 0 Å². The molecule has 0 radical (unpaired) electrons. The number of benzene rings is 1. The van der Waals surface area contributed by atoms with Crippen molar-refractivity contribution in [2.45, 2.75) is 18.0 Å². The van der Waals surface area contributed by atoms with E-state index in [1.54, 1.807) is 6.07 Å². The molecule has 1 atom stereocenters. The summed E-state index contributed by atoms with van der Waals surface area (Å²) in [7, 11) is -3.67. The van der Waals surface area contributed by atoms with E-state index in [1.807, 2.05) is 12.1 Å². The Balaban J connectivity index is 1.65. The van der Waals surface area contributed by atoms with Crippen molar-refractivity contribution in [3.63, 3.8) is 0 Å². The van der Waals surface area contributed by atoms with Gasteiger partial charge in [-0.25, -0.2) is 13.4 Å². The Hall–Kier alpha value is -2.60. The lowest BCUT2D eigenvalue weighted by atomic mass is 10.0. The van der Waals surface area contributed by atoms with Crippen molar-refractivity contribution in [3.8, 4) is 0 Å². The lowest BCUT2D eigenvalue weighted by Gasteiger charge is -2.34. The number of sulfone groups is 1. The van der Waals surface area contributed by atoms with Crippen molar-refractivity contribution in [3.05, 3.63) is 35.5 Å². The van der Waals surface area contributed by atoms with E-state index < -0.39 is 32.8 Å². The average Bonchev–Trinajstić information content (AvgIpc) is 3.06. The van der Waals surface area contributed by atoms with Crippen LogP contribution >= 0.6 is 0 Å². The fourth-order valence-electron chi connectivity index (χ4n) is 3.51. The van der Waals surface area contributed by atoms with Crippen LogP contribution in [0.5, 0.6) is 0 Å². The van der Waals surface area contributed by atoms with Crippen molar-refractivity contribution >= 4 is 33.0 Å². The van der Waals surface area contributed by atoms with Crippen LogP contribution in [0.3, 0.4) is 0 Å². The van der Waals surface area contributed by atoms with Crippen LogP contribution < -0.4 is 21.3 Å². The lowest BCUT2D eigenvalue weighted by molar-refractivity contribution is -0.137. The molecule has 2 aliphatic heterocycles. The summed E-state index contributed by atoms with van der Waals surface area (Å²) in [5, 5.41) is 10.4. The fourth-order valence-corrected chi connectivity index (χ4v) is 4.72. The van der Waals surface area contributed by atoms with E-state index >= 15 is 0 Å². The molecule has 4 N–H and O–H groups in total. The molecule has 0 bridgehead atoms. The quantitative estimate of drug-likeness (QED) is 0.540. The van der Waals surface area contributed by atoms with Crippen LogP contribution in [-0.4, -0.2) is 49.6 Å². The zero-order valence-electron chi connectivity index (χ0n) is 16.0. The normalized spacial score (nSPS) is 17.6. The monoisotopic (exact) mass is 442 g/mol. The molecule has 162 valence electrons. The maximum atomic E-state index is 13.5. The maximum Gasteiger partial charge on any atom is 0.421 e. The third-order valence-corrected chi connectivity index (χ3v) is 6.57. The Kier molecular flexibility index (Phi) is 5.22. The third kappa shape index (κ3) is 4.29. The molecule has 4 rings (SSSR count). The van der Waals surface area contributed by atoms with Crippen molar-refractivity contribution in [2.75, 3.05) is 41.8 Å². The highest BCUT2D eigenvalue weighted by Crippen LogP contribution is 2.35. The first-order chi connectivity index (χ1) is 14.1. The van der Waals surface area contributed by atoms with Gasteiger partial charge in [0.1, 0.15) is 16.8 Å². The van der Waals surface area contributed by atoms with Gasteiger partial charge in [-0.05, 0) is 30.2 Å². The molecule has 1 fully saturated rings. The van der Waals surface area contributed by atoms with Gasteiger partial charge in [0.2, 0.25) is 5.95 Å². The summed E-state index contributed by atoms with van der Waals surface area (Å²) in [6.45, 7) is 1.61. The molecule has 2 aromatic rings. The Labute approximate surface area is 171 Å². The molecule has 3 heterocycles. The first kappa shape index (κ1) is 20.7. The highest BCUT2D eigenvalue weighted by molar-refractivity contribution is 7.91. The van der Waals surface area contributed by atoms with E-state index in [1.165, 1.54) is 0 Å². The number of anilines is 4. The maximum absolute atomic E-state index is 13.5. The number of hydrogen-bond acceptors (Lipinski definition) is 8. The SMILES string of the molecule is CS(=O)(=O)C(Nc1nc(Nc2ccc3c(c2)CCN3)ncc1C(F)(F)F)C1CNC1. The predicted octanol–water partition coefficient (Wildman–Crippen LogP) is 2.21. The molecular formula is C18H21F3N6O2S. The van der Waals surface area contributed by atoms with Crippen LogP contribution in [0, 0.1) is 5.92 Å². The van der Waals surface area contributed by atoms with Gasteiger partial charge < -0.3 is 21.3 Å². The molecule has 0 saturated carbocycles. The minimum atomic E-state index is -4.74. The molecule has 1 saturated heterocycles. The fraction of sp³-hybridized carbons (Fsp3) is 0.444. The van der Waals surface area contributed by atoms with E-state index in [4.69, 9.17) is 0 Å². The van der Waals surface area contributed by atoms with Gasteiger partial charge in [-0.1, -0.05) is 0 Å². The Morgan fingerprint density at radius 2 is 2.03 bits per heavy atom. The molecule has 0 spiro atoms. The van der Waals surface area contributed by atoms with Gasteiger partial charge in [0.15, 0.2) is 9.84 Å². The standard InChI is InChI=1S/C18H21F3N6O2S/c1-30(28,29)16(11-7-22-8-11)26-15-13(18(19,20)21)9-24-17(27-15)25-12-2-3-14-10(6-12)4-5-23-14/h2-3,6,9,11,16,22-23H,4-5,7-8H2,1H3,(H2,24,25,26,27). The van der Waals surface area contributed by atoms with Crippen molar-refractivity contribution < 1.29 is 21.6 Å². The smallest absolute Gasteiger partial charge is 0.384 e. The van der Waals surface area contributed by atoms with Crippen molar-refractivity contribution in [1.29, 1.82) is 0 Å². The molecule has 8 nitrogen and oxygen atoms in total. The summed E-state index contributed by atoms with van der Waals surface area (Å²) in [5.41, 5.74) is 1.61. The number of fused-ring (bicyclic) bond motifs is 1. The summed E-state index contributed by atoms with van der Waals surface area (Å²) < 4.78 is 64.8. The first-order valence-corrected chi connectivity index (χ1v) is 11.3. The first-order valence-electron chi connectivity index (χ1n) is 9.35. The molecule has 2 aliphatic rings. The van der Waals surface area contributed by atoms with Crippen LogP contribution in [-0.2, 0) is 22.4 Å². The zero-order valence-corrected chi connectivity index (χ0v) is 16.9. The second-order valence-electron chi connectivity index (χ2n) is 7.44. The number of alkyl halides is 3. The summed E-state index contributed by atoms with van der Waals surface area (Å²) in [4.78, 5) is 7.75. The van der Waals surface area contributed by atoms with E-state index in [-0.39, 0.29) is 11.9 Å². The number of nitrogens with zero attached hydrogens (tertiary/aromatic N) is 2. The Bertz CT molecular complexity index is 1060. The van der Waals surface area contributed by atoms with Gasteiger partial charge >= 0.3 is 6.18 Å². The molecule has 1 unspecified atom stereocenters. The molecule has 12 heteroatoms. The van der Waals surface area contributed by atoms with Crippen molar-refractivity contribution in [1.82, 2.24) is 15.3 Å². The highest BCUT2D eigenvalue weighted by Gasteiger charge is 2.39. The van der Waals surface area contributed by atoms with E-state index in [0.29, 0.717) is 25.0 Å². The van der Waals surface area contributed by atoms with Crippen LogP contribution in [0.2, 0.25) is 0 Å². The topological polar surface area (TPSA) is 108 Å². The molecule has 1 aromatic heterocycles. The molecule has 30 heavy (non-hydrogen) atoms. The van der Waals surface area contributed by atoms with Gasteiger partial charge in [0, 0.05) is 49.4 Å². The van der Waals surface area contributed by atoms with E-state index in [9.17, 15) is 21.6 Å². The molecule has 1 aromatic carbocycles. The predicted molar refractivity (Wildman–Crippen MR) is 108 cm³/mol. The number of hydrogen-bond donors (Lipinski definition) is 4. The number of halogens is 3. The number of aromatic nitrogens is 2. The average molecular weight is 442 g/mol. The molecular weight excluding hydrogens is 421 g/mol.